The predicted molar refractivity (Wildman–Crippen MR) is 33.8 cm³/mol. The van der Waals surface area contributed by atoms with E-state index in [1.54, 1.807) is 0 Å². The lowest BCUT2D eigenvalue weighted by Crippen LogP contribution is -2.16. The van der Waals surface area contributed by atoms with Crippen molar-refractivity contribution in [1.82, 2.24) is 0 Å². The molecule has 0 aromatic carbocycles. The van der Waals surface area contributed by atoms with Gasteiger partial charge in [-0.15, -0.1) is 0 Å². The first kappa shape index (κ1) is 6.99. The Morgan fingerprint density at radius 2 is 2.11 bits per heavy atom. The molecule has 0 saturated heterocycles. The Morgan fingerprint density at radius 1 is 1.44 bits per heavy atom. The lowest BCUT2D eigenvalue weighted by atomic mass is 10.1. The van der Waals surface area contributed by atoms with Crippen LogP contribution in [0.25, 0.3) is 0 Å². The van der Waals surface area contributed by atoms with Crippen LogP contribution in [0.1, 0.15) is 12.8 Å². The van der Waals surface area contributed by atoms with Gasteiger partial charge in [-0.25, -0.2) is 0 Å². The highest BCUT2D eigenvalue weighted by Gasteiger charge is 2.29. The fourth-order valence-corrected chi connectivity index (χ4v) is 1.34. The minimum Gasteiger partial charge on any atom is -0.396 e. The second kappa shape index (κ2) is 2.64. The minimum atomic E-state index is -0.370. The van der Waals surface area contributed by atoms with Crippen molar-refractivity contribution < 1.29 is 10.2 Å². The van der Waals surface area contributed by atoms with Gasteiger partial charge in [0.15, 0.2) is 0 Å². The van der Waals surface area contributed by atoms with Gasteiger partial charge in [-0.05, 0) is 12.8 Å². The van der Waals surface area contributed by atoms with Crippen LogP contribution in [-0.4, -0.2) is 29.0 Å². The van der Waals surface area contributed by atoms with Gasteiger partial charge in [-0.2, -0.15) is 0 Å². The molecule has 1 fully saturated rings. The highest BCUT2D eigenvalue weighted by Crippen LogP contribution is 2.23. The smallest absolute Gasteiger partial charge is 0.0605 e. The molecule has 1 rings (SSSR count). The van der Waals surface area contributed by atoms with Crippen molar-refractivity contribution in [3.8, 4) is 0 Å². The maximum absolute atomic E-state index is 9.12. The van der Waals surface area contributed by atoms with Gasteiger partial charge in [0.25, 0.3) is 0 Å². The molecule has 0 aliphatic heterocycles. The highest BCUT2D eigenvalue weighted by atomic mass is 16.3. The number of aliphatic hydroxyl groups is 2. The van der Waals surface area contributed by atoms with E-state index in [-0.39, 0.29) is 24.7 Å². The van der Waals surface area contributed by atoms with Gasteiger partial charge < -0.3 is 15.9 Å². The Balaban J connectivity index is 2.38. The first-order valence-corrected chi connectivity index (χ1v) is 3.28. The number of nitrogens with two attached hydrogens (primary N) is 1. The van der Waals surface area contributed by atoms with E-state index in [0.29, 0.717) is 6.42 Å². The van der Waals surface area contributed by atoms with E-state index in [9.17, 15) is 0 Å². The van der Waals surface area contributed by atoms with Crippen molar-refractivity contribution in [2.45, 2.75) is 25.0 Å². The second-order valence-electron chi connectivity index (χ2n) is 2.74. The standard InChI is InChI=1S/C6H13NO2/c7-5-1-4(3-8)6(9)2-5/h4-6,8-9H,1-3,7H2/t4-,5-,6-/m0/s1. The minimum absolute atomic E-state index is 0.0278. The van der Waals surface area contributed by atoms with Crippen molar-refractivity contribution in [3.63, 3.8) is 0 Å². The molecule has 0 aromatic heterocycles. The third-order valence-corrected chi connectivity index (χ3v) is 1.93. The molecule has 0 amide bonds. The van der Waals surface area contributed by atoms with E-state index in [0.717, 1.165) is 6.42 Å². The lowest BCUT2D eigenvalue weighted by molar-refractivity contribution is 0.0908. The van der Waals surface area contributed by atoms with E-state index in [2.05, 4.69) is 0 Å². The summed E-state index contributed by atoms with van der Waals surface area (Å²) in [5.41, 5.74) is 5.52. The number of rotatable bonds is 1. The summed E-state index contributed by atoms with van der Waals surface area (Å²) in [4.78, 5) is 0. The van der Waals surface area contributed by atoms with Gasteiger partial charge >= 0.3 is 0 Å². The quantitative estimate of drug-likeness (QED) is 0.431. The molecule has 3 heteroatoms. The molecule has 4 N–H and O–H groups in total. The molecular formula is C6H13NO2. The summed E-state index contributed by atoms with van der Waals surface area (Å²) in [5.74, 6) is 0.0278. The molecule has 3 atom stereocenters. The van der Waals surface area contributed by atoms with E-state index in [4.69, 9.17) is 15.9 Å². The van der Waals surface area contributed by atoms with Gasteiger partial charge in [-0.3, -0.25) is 0 Å². The van der Waals surface area contributed by atoms with Gasteiger partial charge in [0.2, 0.25) is 0 Å². The molecule has 0 spiro atoms. The lowest BCUT2D eigenvalue weighted by Gasteiger charge is -2.08. The van der Waals surface area contributed by atoms with Gasteiger partial charge in [0, 0.05) is 18.6 Å². The fourth-order valence-electron chi connectivity index (χ4n) is 1.34. The summed E-state index contributed by atoms with van der Waals surface area (Å²) < 4.78 is 0. The number of aliphatic hydroxyl groups excluding tert-OH is 2. The maximum Gasteiger partial charge on any atom is 0.0605 e. The Bertz CT molecular complexity index is 97.1. The largest absolute Gasteiger partial charge is 0.396 e. The Morgan fingerprint density at radius 3 is 2.33 bits per heavy atom. The Labute approximate surface area is 54.5 Å². The van der Waals surface area contributed by atoms with Crippen LogP contribution in [0.4, 0.5) is 0 Å². The molecule has 1 aliphatic carbocycles. The van der Waals surface area contributed by atoms with E-state index in [1.165, 1.54) is 0 Å². The average molecular weight is 131 g/mol. The molecule has 0 aromatic rings. The van der Waals surface area contributed by atoms with E-state index >= 15 is 0 Å². The molecule has 1 saturated carbocycles. The predicted octanol–water partition coefficient (Wildman–Crippen LogP) is -0.923. The normalized spacial score (nSPS) is 43.7. The molecule has 0 unspecified atom stereocenters. The summed E-state index contributed by atoms with van der Waals surface area (Å²) in [5, 5.41) is 17.8. The summed E-state index contributed by atoms with van der Waals surface area (Å²) in [6, 6.07) is 0.0946. The Kier molecular flexibility index (Phi) is 2.05. The van der Waals surface area contributed by atoms with Gasteiger partial charge in [0.1, 0.15) is 0 Å². The monoisotopic (exact) mass is 131 g/mol. The van der Waals surface area contributed by atoms with Crippen molar-refractivity contribution >= 4 is 0 Å². The van der Waals surface area contributed by atoms with Crippen LogP contribution in [0.2, 0.25) is 0 Å². The van der Waals surface area contributed by atoms with Crippen LogP contribution in [0, 0.1) is 5.92 Å². The molecule has 1 aliphatic rings. The molecular weight excluding hydrogens is 118 g/mol. The zero-order valence-corrected chi connectivity index (χ0v) is 5.33. The van der Waals surface area contributed by atoms with Crippen LogP contribution in [0.15, 0.2) is 0 Å². The van der Waals surface area contributed by atoms with Crippen molar-refractivity contribution in [2.24, 2.45) is 11.7 Å². The summed E-state index contributed by atoms with van der Waals surface area (Å²) >= 11 is 0. The third-order valence-electron chi connectivity index (χ3n) is 1.93. The molecule has 0 heterocycles. The van der Waals surface area contributed by atoms with Crippen molar-refractivity contribution in [2.75, 3.05) is 6.61 Å². The summed E-state index contributed by atoms with van der Waals surface area (Å²) in [7, 11) is 0. The van der Waals surface area contributed by atoms with Crippen molar-refractivity contribution in [3.05, 3.63) is 0 Å². The molecule has 0 radical (unpaired) electrons. The van der Waals surface area contributed by atoms with Gasteiger partial charge in [-0.1, -0.05) is 0 Å². The first-order valence-electron chi connectivity index (χ1n) is 3.28. The number of hydrogen-bond acceptors (Lipinski definition) is 3. The summed E-state index contributed by atoms with van der Waals surface area (Å²) in [6.07, 6.45) is 1.04. The highest BCUT2D eigenvalue weighted by molar-refractivity contribution is 4.84. The van der Waals surface area contributed by atoms with Crippen LogP contribution in [0.3, 0.4) is 0 Å². The van der Waals surface area contributed by atoms with Gasteiger partial charge in [0.05, 0.1) is 6.10 Å². The maximum atomic E-state index is 9.12. The molecule has 9 heavy (non-hydrogen) atoms. The fraction of sp³-hybridized carbons (Fsp3) is 1.00. The summed E-state index contributed by atoms with van der Waals surface area (Å²) in [6.45, 7) is 0.0644. The first-order chi connectivity index (χ1) is 4.24. The zero-order valence-electron chi connectivity index (χ0n) is 5.33. The van der Waals surface area contributed by atoms with E-state index in [1.807, 2.05) is 0 Å². The average Bonchev–Trinajstić information content (AvgIpc) is 2.10. The van der Waals surface area contributed by atoms with Crippen LogP contribution in [0.5, 0.6) is 0 Å². The SMILES string of the molecule is N[C@H]1C[C@@H](CO)[C@@H](O)C1. The molecule has 0 bridgehead atoms. The zero-order chi connectivity index (χ0) is 6.85. The van der Waals surface area contributed by atoms with Crippen LogP contribution >= 0.6 is 0 Å². The van der Waals surface area contributed by atoms with E-state index < -0.39 is 0 Å². The van der Waals surface area contributed by atoms with Crippen molar-refractivity contribution in [1.29, 1.82) is 0 Å². The van der Waals surface area contributed by atoms with Crippen LogP contribution in [-0.2, 0) is 0 Å². The molecule has 3 nitrogen and oxygen atoms in total. The second-order valence-corrected chi connectivity index (χ2v) is 2.74. The Hall–Kier alpha value is -0.120. The number of hydrogen-bond donors (Lipinski definition) is 3. The topological polar surface area (TPSA) is 66.5 Å². The molecule has 54 valence electrons. The third kappa shape index (κ3) is 1.41. The van der Waals surface area contributed by atoms with Crippen LogP contribution < -0.4 is 5.73 Å².